The summed E-state index contributed by atoms with van der Waals surface area (Å²) in [5.74, 6) is -0.222. The number of carbonyl (C=O) groups is 1. The van der Waals surface area contributed by atoms with Crippen molar-refractivity contribution in [2.75, 3.05) is 13.2 Å². The van der Waals surface area contributed by atoms with Gasteiger partial charge in [-0.1, -0.05) is 296 Å². The van der Waals surface area contributed by atoms with Crippen molar-refractivity contribution in [1.82, 2.24) is 5.32 Å². The maximum atomic E-state index is 13.2. The molecule has 1 saturated heterocycles. The van der Waals surface area contributed by atoms with E-state index in [1.807, 2.05) is 0 Å². The summed E-state index contributed by atoms with van der Waals surface area (Å²) in [7, 11) is -5.08. The van der Waals surface area contributed by atoms with Crippen LogP contribution in [0.1, 0.15) is 316 Å². The third-order valence-electron chi connectivity index (χ3n) is 15.2. The Morgan fingerprint density at radius 1 is 0.500 bits per heavy atom. The molecule has 1 fully saturated rings. The topological polar surface area (TPSA) is 192 Å². The summed E-state index contributed by atoms with van der Waals surface area (Å²) >= 11 is 0. The molecule has 7 unspecified atom stereocenters. The molecule has 0 spiro atoms. The van der Waals surface area contributed by atoms with E-state index in [1.54, 1.807) is 0 Å². The predicted octanol–water partition coefficient (Wildman–Crippen LogP) is 14.9. The third kappa shape index (κ3) is 41.3. The second-order valence-electron chi connectivity index (χ2n) is 22.0. The van der Waals surface area contributed by atoms with Crippen molar-refractivity contribution in [3.05, 3.63) is 0 Å². The minimum absolute atomic E-state index is 0.222. The van der Waals surface area contributed by atoms with E-state index < -0.39 is 59.9 Å². The molecule has 6 N–H and O–H groups in total. The summed E-state index contributed by atoms with van der Waals surface area (Å²) in [5.41, 5.74) is 0. The maximum Gasteiger partial charge on any atom is 0.397 e. The zero-order valence-corrected chi connectivity index (χ0v) is 47.6. The second-order valence-corrected chi connectivity index (χ2v) is 23.1. The molecular weight excluding hydrogens is 931 g/mol. The van der Waals surface area contributed by atoms with Crippen LogP contribution < -0.4 is 5.32 Å². The number of aliphatic hydroxyl groups is 4. The van der Waals surface area contributed by atoms with Crippen LogP contribution in [0.3, 0.4) is 0 Å². The van der Waals surface area contributed by atoms with Gasteiger partial charge in [-0.3, -0.25) is 9.35 Å². The van der Waals surface area contributed by atoms with E-state index in [4.69, 9.17) is 9.47 Å². The van der Waals surface area contributed by atoms with Crippen LogP contribution in [0.2, 0.25) is 0 Å². The Morgan fingerprint density at radius 2 is 0.806 bits per heavy atom. The summed E-state index contributed by atoms with van der Waals surface area (Å²) in [6, 6.07) is -0.853. The van der Waals surface area contributed by atoms with Gasteiger partial charge in [0.2, 0.25) is 5.91 Å². The minimum Gasteiger partial charge on any atom is -0.394 e. The quantitative estimate of drug-likeness (QED) is 0.0251. The number of aliphatic hydroxyl groups excluding tert-OH is 4. The lowest BCUT2D eigenvalue weighted by molar-refractivity contribution is -0.298. The first-order chi connectivity index (χ1) is 35.0. The van der Waals surface area contributed by atoms with Gasteiger partial charge in [0.15, 0.2) is 6.29 Å². The summed E-state index contributed by atoms with van der Waals surface area (Å²) < 4.78 is 47.9. The van der Waals surface area contributed by atoms with Gasteiger partial charge in [-0.15, -0.1) is 0 Å². The molecule has 0 aromatic carbocycles. The summed E-state index contributed by atoms with van der Waals surface area (Å²) in [6.07, 6.45) is 49.9. The van der Waals surface area contributed by atoms with Crippen molar-refractivity contribution in [2.24, 2.45) is 0 Å². The number of rotatable bonds is 55. The molecule has 0 bridgehead atoms. The normalized spacial score (nSPS) is 19.2. The molecule has 1 amide bonds. The highest BCUT2D eigenvalue weighted by Gasteiger charge is 2.48. The lowest BCUT2D eigenvalue weighted by Gasteiger charge is -2.41. The first kappa shape index (κ1) is 69.1. The molecule has 430 valence electrons. The van der Waals surface area contributed by atoms with Crippen molar-refractivity contribution >= 4 is 16.3 Å². The largest absolute Gasteiger partial charge is 0.397 e. The van der Waals surface area contributed by atoms with E-state index in [9.17, 15) is 38.2 Å². The zero-order valence-electron chi connectivity index (χ0n) is 46.8. The van der Waals surface area contributed by atoms with Crippen LogP contribution in [-0.4, -0.2) is 95.4 Å². The smallest absolute Gasteiger partial charge is 0.394 e. The van der Waals surface area contributed by atoms with Crippen LogP contribution in [0.5, 0.6) is 0 Å². The SMILES string of the molecule is CCCCCCCCCCCCCCCCCCCCCCCCCCCCCCCCC(=O)NC(COC1OC(CO)C(O)C(OS(=O)(=O)O)C1O)C(O)CCCCCCCCCCCCCCCCC. The van der Waals surface area contributed by atoms with Crippen LogP contribution in [0.25, 0.3) is 0 Å². The van der Waals surface area contributed by atoms with E-state index in [2.05, 4.69) is 23.3 Å². The van der Waals surface area contributed by atoms with Crippen molar-refractivity contribution in [1.29, 1.82) is 0 Å². The van der Waals surface area contributed by atoms with Crippen molar-refractivity contribution < 1.29 is 51.8 Å². The standard InChI is InChI=1S/C59H117NO11S/c1-3-5-7-9-11-13-15-17-19-20-21-22-23-24-25-26-27-28-29-30-31-32-33-35-37-39-41-43-45-47-49-55(63)60-52(51-69-59-57(65)58(71-72(66,67)68)56(64)54(50-61)70-59)53(62)48-46-44-42-40-38-36-34-18-16-14-12-10-8-6-4-2/h52-54,56-59,61-62,64-65H,3-51H2,1-2H3,(H,60,63)(H,66,67,68). The fourth-order valence-electron chi connectivity index (χ4n) is 10.4. The van der Waals surface area contributed by atoms with Crippen LogP contribution in [0.4, 0.5) is 0 Å². The highest BCUT2D eigenvalue weighted by atomic mass is 32.3. The van der Waals surface area contributed by atoms with Gasteiger partial charge in [0.25, 0.3) is 0 Å². The van der Waals surface area contributed by atoms with E-state index in [0.29, 0.717) is 12.8 Å². The Morgan fingerprint density at radius 3 is 1.11 bits per heavy atom. The van der Waals surface area contributed by atoms with Gasteiger partial charge in [-0.25, -0.2) is 4.18 Å². The second kappa shape index (κ2) is 49.7. The first-order valence-electron chi connectivity index (χ1n) is 30.9. The van der Waals surface area contributed by atoms with E-state index >= 15 is 0 Å². The van der Waals surface area contributed by atoms with Crippen LogP contribution in [-0.2, 0) is 28.9 Å². The molecule has 1 heterocycles. The third-order valence-corrected chi connectivity index (χ3v) is 15.6. The van der Waals surface area contributed by atoms with Crippen molar-refractivity contribution in [2.45, 2.75) is 358 Å². The Kier molecular flexibility index (Phi) is 47.7. The van der Waals surface area contributed by atoms with Gasteiger partial charge in [0, 0.05) is 6.42 Å². The molecule has 0 aromatic heterocycles. The lowest BCUT2D eigenvalue weighted by Crippen LogP contribution is -2.61. The molecule has 1 aliphatic heterocycles. The minimum atomic E-state index is -5.08. The van der Waals surface area contributed by atoms with Gasteiger partial charge in [0.05, 0.1) is 25.4 Å². The van der Waals surface area contributed by atoms with Gasteiger partial charge in [0.1, 0.15) is 24.4 Å². The fourth-order valence-corrected chi connectivity index (χ4v) is 10.9. The van der Waals surface area contributed by atoms with Crippen molar-refractivity contribution in [3.63, 3.8) is 0 Å². The molecule has 72 heavy (non-hydrogen) atoms. The van der Waals surface area contributed by atoms with Gasteiger partial charge in [-0.2, -0.15) is 8.42 Å². The van der Waals surface area contributed by atoms with E-state index in [-0.39, 0.29) is 12.5 Å². The number of amides is 1. The summed E-state index contributed by atoms with van der Waals surface area (Å²) in [4.78, 5) is 13.2. The summed E-state index contributed by atoms with van der Waals surface area (Å²) in [5, 5.41) is 45.1. The molecular formula is C59H117NO11S. The number of hydrogen-bond donors (Lipinski definition) is 6. The number of hydrogen-bond acceptors (Lipinski definition) is 10. The molecule has 1 aliphatic rings. The molecule has 7 atom stereocenters. The lowest BCUT2D eigenvalue weighted by atomic mass is 9.99. The molecule has 1 rings (SSSR count). The average Bonchev–Trinajstić information content (AvgIpc) is 3.36. The molecule has 12 nitrogen and oxygen atoms in total. The maximum absolute atomic E-state index is 13.2. The number of unbranched alkanes of at least 4 members (excludes halogenated alkanes) is 43. The Hall–Kier alpha value is -0.900. The Labute approximate surface area is 443 Å². The number of ether oxygens (including phenoxy) is 2. The van der Waals surface area contributed by atoms with E-state index in [0.717, 1.165) is 51.4 Å². The Bertz CT molecular complexity index is 1280. The monoisotopic (exact) mass is 1050 g/mol. The molecule has 13 heteroatoms. The van der Waals surface area contributed by atoms with Crippen LogP contribution in [0.15, 0.2) is 0 Å². The van der Waals surface area contributed by atoms with Crippen LogP contribution in [0, 0.1) is 0 Å². The molecule has 0 aromatic rings. The molecule has 0 saturated carbocycles. The average molecular weight is 1050 g/mol. The van der Waals surface area contributed by atoms with Gasteiger partial charge < -0.3 is 35.2 Å². The highest BCUT2D eigenvalue weighted by Crippen LogP contribution is 2.26. The van der Waals surface area contributed by atoms with Crippen LogP contribution >= 0.6 is 0 Å². The Balaban J connectivity index is 2.23. The van der Waals surface area contributed by atoms with E-state index in [1.165, 1.54) is 238 Å². The number of nitrogens with one attached hydrogen (secondary N) is 1. The fraction of sp³-hybridized carbons (Fsp3) is 0.983. The molecule has 0 aliphatic carbocycles. The van der Waals surface area contributed by atoms with Gasteiger partial charge in [-0.05, 0) is 12.8 Å². The van der Waals surface area contributed by atoms with Gasteiger partial charge >= 0.3 is 10.4 Å². The van der Waals surface area contributed by atoms with Crippen molar-refractivity contribution in [3.8, 4) is 0 Å². The first-order valence-corrected chi connectivity index (χ1v) is 32.3. The number of carbonyl (C=O) groups excluding carboxylic acids is 1. The molecule has 0 radical (unpaired) electrons. The predicted molar refractivity (Wildman–Crippen MR) is 296 cm³/mol. The zero-order chi connectivity index (χ0) is 52.6. The summed E-state index contributed by atoms with van der Waals surface area (Å²) in [6.45, 7) is 3.50. The highest BCUT2D eigenvalue weighted by molar-refractivity contribution is 7.80.